The number of aryl methyl sites for hydroxylation is 1. The highest BCUT2D eigenvalue weighted by Gasteiger charge is 2.18. The SMILES string of the molecule is Cc1oc2cc(OC(=O)/C=C/c3ccccc3)ccc2c(=O)c1-c1ccc2c(c1)OCCO2. The molecule has 0 saturated heterocycles. The number of benzene rings is 3. The molecule has 1 aliphatic heterocycles. The van der Waals surface area contributed by atoms with Gasteiger partial charge in [0.25, 0.3) is 0 Å². The molecule has 164 valence electrons. The van der Waals surface area contributed by atoms with Crippen molar-refractivity contribution in [2.75, 3.05) is 13.2 Å². The summed E-state index contributed by atoms with van der Waals surface area (Å²) in [4.78, 5) is 25.4. The van der Waals surface area contributed by atoms with E-state index >= 15 is 0 Å². The van der Waals surface area contributed by atoms with E-state index in [0.717, 1.165) is 5.56 Å². The normalized spacial score (nSPS) is 12.8. The van der Waals surface area contributed by atoms with Crippen LogP contribution in [0.2, 0.25) is 0 Å². The van der Waals surface area contributed by atoms with Crippen LogP contribution in [0.1, 0.15) is 11.3 Å². The van der Waals surface area contributed by atoms with Crippen LogP contribution in [0.4, 0.5) is 0 Å². The largest absolute Gasteiger partial charge is 0.486 e. The molecule has 4 aromatic rings. The molecule has 0 bridgehead atoms. The van der Waals surface area contributed by atoms with Gasteiger partial charge in [0.05, 0.1) is 10.9 Å². The second kappa shape index (κ2) is 8.67. The summed E-state index contributed by atoms with van der Waals surface area (Å²) < 4.78 is 22.5. The average Bonchev–Trinajstić information content (AvgIpc) is 2.83. The first kappa shape index (κ1) is 20.6. The van der Waals surface area contributed by atoms with E-state index in [1.54, 1.807) is 43.3 Å². The van der Waals surface area contributed by atoms with Gasteiger partial charge in [-0.1, -0.05) is 36.4 Å². The lowest BCUT2D eigenvalue weighted by Crippen LogP contribution is -2.15. The Bertz CT molecular complexity index is 1430. The van der Waals surface area contributed by atoms with Gasteiger partial charge in [0.2, 0.25) is 5.43 Å². The molecular weight excluding hydrogens is 420 g/mol. The molecule has 0 N–H and O–H groups in total. The van der Waals surface area contributed by atoms with Crippen molar-refractivity contribution < 1.29 is 23.4 Å². The van der Waals surface area contributed by atoms with Gasteiger partial charge in [-0.15, -0.1) is 0 Å². The summed E-state index contributed by atoms with van der Waals surface area (Å²) in [5.74, 6) is 1.48. The number of hydrogen-bond donors (Lipinski definition) is 0. The second-order valence-electron chi connectivity index (χ2n) is 7.54. The summed E-state index contributed by atoms with van der Waals surface area (Å²) in [7, 11) is 0. The lowest BCUT2D eigenvalue weighted by Gasteiger charge is -2.19. The molecule has 1 aliphatic rings. The number of hydrogen-bond acceptors (Lipinski definition) is 6. The molecule has 0 fully saturated rings. The van der Waals surface area contributed by atoms with Crippen LogP contribution in [0.3, 0.4) is 0 Å². The fourth-order valence-electron chi connectivity index (χ4n) is 3.76. The third kappa shape index (κ3) is 4.23. The van der Waals surface area contributed by atoms with Crippen LogP contribution in [-0.2, 0) is 4.79 Å². The lowest BCUT2D eigenvalue weighted by molar-refractivity contribution is -0.128. The first-order chi connectivity index (χ1) is 16.1. The van der Waals surface area contributed by atoms with Crippen molar-refractivity contribution >= 4 is 23.0 Å². The molecule has 0 radical (unpaired) electrons. The van der Waals surface area contributed by atoms with E-state index in [0.29, 0.717) is 58.3 Å². The van der Waals surface area contributed by atoms with E-state index in [9.17, 15) is 9.59 Å². The molecule has 2 heterocycles. The van der Waals surface area contributed by atoms with E-state index in [-0.39, 0.29) is 5.43 Å². The van der Waals surface area contributed by atoms with Gasteiger partial charge in [0.1, 0.15) is 30.3 Å². The molecule has 3 aromatic carbocycles. The van der Waals surface area contributed by atoms with Gasteiger partial charge in [-0.2, -0.15) is 0 Å². The Morgan fingerprint density at radius 3 is 2.55 bits per heavy atom. The van der Waals surface area contributed by atoms with E-state index in [4.69, 9.17) is 18.6 Å². The average molecular weight is 440 g/mol. The highest BCUT2D eigenvalue weighted by molar-refractivity contribution is 5.90. The maximum Gasteiger partial charge on any atom is 0.336 e. The fraction of sp³-hybridized carbons (Fsp3) is 0.111. The molecule has 0 aliphatic carbocycles. The first-order valence-corrected chi connectivity index (χ1v) is 10.5. The van der Waals surface area contributed by atoms with Crippen LogP contribution >= 0.6 is 0 Å². The van der Waals surface area contributed by atoms with E-state index in [1.165, 1.54) is 6.08 Å². The van der Waals surface area contributed by atoms with Crippen molar-refractivity contribution in [3.63, 3.8) is 0 Å². The third-order valence-electron chi connectivity index (χ3n) is 5.30. The number of fused-ring (bicyclic) bond motifs is 2. The summed E-state index contributed by atoms with van der Waals surface area (Å²) >= 11 is 0. The molecule has 0 unspecified atom stereocenters. The van der Waals surface area contributed by atoms with E-state index in [2.05, 4.69) is 0 Å². The Labute approximate surface area is 189 Å². The van der Waals surface area contributed by atoms with Gasteiger partial charge in [0, 0.05) is 12.1 Å². The molecule has 0 spiro atoms. The number of esters is 1. The number of carbonyl (C=O) groups is 1. The Morgan fingerprint density at radius 2 is 1.73 bits per heavy atom. The molecule has 0 amide bonds. The topological polar surface area (TPSA) is 75.0 Å². The summed E-state index contributed by atoms with van der Waals surface area (Å²) in [6.07, 6.45) is 3.03. The Morgan fingerprint density at radius 1 is 0.939 bits per heavy atom. The molecule has 6 nitrogen and oxygen atoms in total. The smallest absolute Gasteiger partial charge is 0.336 e. The highest BCUT2D eigenvalue weighted by atomic mass is 16.6. The van der Waals surface area contributed by atoms with Gasteiger partial charge < -0.3 is 18.6 Å². The molecule has 1 aromatic heterocycles. The van der Waals surface area contributed by atoms with Crippen LogP contribution in [0.15, 0.2) is 82.0 Å². The minimum Gasteiger partial charge on any atom is -0.486 e. The minimum atomic E-state index is -0.523. The molecule has 0 saturated carbocycles. The Balaban J connectivity index is 1.44. The van der Waals surface area contributed by atoms with Crippen LogP contribution < -0.4 is 19.6 Å². The maximum atomic E-state index is 13.3. The monoisotopic (exact) mass is 440 g/mol. The third-order valence-corrected chi connectivity index (χ3v) is 5.30. The zero-order chi connectivity index (χ0) is 22.8. The van der Waals surface area contributed by atoms with Crippen molar-refractivity contribution in [1.82, 2.24) is 0 Å². The molecular formula is C27H20O6. The Kier molecular flexibility index (Phi) is 5.40. The van der Waals surface area contributed by atoms with E-state index in [1.807, 2.05) is 36.4 Å². The summed E-state index contributed by atoms with van der Waals surface area (Å²) in [5, 5.41) is 0.394. The zero-order valence-electron chi connectivity index (χ0n) is 17.9. The quantitative estimate of drug-likeness (QED) is 0.248. The predicted octanol–water partition coefficient (Wildman–Crippen LogP) is 5.16. The van der Waals surface area contributed by atoms with Crippen molar-refractivity contribution in [1.29, 1.82) is 0 Å². The lowest BCUT2D eigenvalue weighted by atomic mass is 10.0. The fourth-order valence-corrected chi connectivity index (χ4v) is 3.76. The van der Waals surface area contributed by atoms with Gasteiger partial charge in [-0.05, 0) is 48.4 Å². The molecule has 33 heavy (non-hydrogen) atoms. The first-order valence-electron chi connectivity index (χ1n) is 10.5. The van der Waals surface area contributed by atoms with Crippen LogP contribution in [-0.4, -0.2) is 19.2 Å². The van der Waals surface area contributed by atoms with Gasteiger partial charge in [-0.25, -0.2) is 4.79 Å². The maximum absolute atomic E-state index is 13.3. The minimum absolute atomic E-state index is 0.174. The number of rotatable bonds is 4. The Hall–Kier alpha value is -4.32. The predicted molar refractivity (Wildman–Crippen MR) is 125 cm³/mol. The van der Waals surface area contributed by atoms with Crippen LogP contribution in [0, 0.1) is 6.92 Å². The molecule has 6 heteroatoms. The second-order valence-corrected chi connectivity index (χ2v) is 7.54. The number of ether oxygens (including phenoxy) is 3. The van der Waals surface area contributed by atoms with Crippen molar-refractivity contribution in [2.24, 2.45) is 0 Å². The highest BCUT2D eigenvalue weighted by Crippen LogP contribution is 2.35. The van der Waals surface area contributed by atoms with Gasteiger partial charge >= 0.3 is 5.97 Å². The zero-order valence-corrected chi connectivity index (χ0v) is 17.9. The van der Waals surface area contributed by atoms with Crippen molar-refractivity contribution in [3.05, 3.63) is 94.4 Å². The van der Waals surface area contributed by atoms with Gasteiger partial charge in [-0.3, -0.25) is 4.79 Å². The van der Waals surface area contributed by atoms with Crippen LogP contribution in [0.25, 0.3) is 28.2 Å². The molecule has 0 atom stereocenters. The van der Waals surface area contributed by atoms with E-state index < -0.39 is 5.97 Å². The van der Waals surface area contributed by atoms with Crippen molar-refractivity contribution in [3.8, 4) is 28.4 Å². The summed E-state index contributed by atoms with van der Waals surface area (Å²) in [6.45, 7) is 2.69. The van der Waals surface area contributed by atoms with Crippen molar-refractivity contribution in [2.45, 2.75) is 6.92 Å². The van der Waals surface area contributed by atoms with Crippen LogP contribution in [0.5, 0.6) is 17.2 Å². The standard InChI is InChI=1S/C27H20O6/c1-17-26(19-8-11-22-24(15-19)31-14-13-30-22)27(29)21-10-9-20(16-23(21)32-17)33-25(28)12-7-18-5-3-2-4-6-18/h2-12,15-16H,13-14H2,1H3/b12-7+. The molecule has 5 rings (SSSR count). The summed E-state index contributed by atoms with van der Waals surface area (Å²) in [6, 6.07) is 19.6. The number of carbonyl (C=O) groups excluding carboxylic acids is 1. The summed E-state index contributed by atoms with van der Waals surface area (Å²) in [5.41, 5.74) is 2.20. The van der Waals surface area contributed by atoms with Gasteiger partial charge in [0.15, 0.2) is 11.5 Å².